The first kappa shape index (κ1) is 15.9. The van der Waals surface area contributed by atoms with Gasteiger partial charge in [0.1, 0.15) is 5.01 Å². The van der Waals surface area contributed by atoms with Gasteiger partial charge in [-0.05, 0) is 43.7 Å². The number of carbonyl (C=O) groups excluding carboxylic acids is 2. The van der Waals surface area contributed by atoms with Gasteiger partial charge in [0.05, 0.1) is 6.26 Å². The first-order valence-corrected chi connectivity index (χ1v) is 7.91. The van der Waals surface area contributed by atoms with E-state index in [0.717, 1.165) is 10.6 Å². The third-order valence-electron chi connectivity index (χ3n) is 3.24. The Morgan fingerprint density at radius 3 is 2.58 bits per heavy atom. The lowest BCUT2D eigenvalue weighted by molar-refractivity contribution is 0.0993. The van der Waals surface area contributed by atoms with Gasteiger partial charge < -0.3 is 9.73 Å². The van der Waals surface area contributed by atoms with Gasteiger partial charge in [-0.3, -0.25) is 14.9 Å². The molecule has 0 fully saturated rings. The summed E-state index contributed by atoms with van der Waals surface area (Å²) in [7, 11) is 0. The van der Waals surface area contributed by atoms with Crippen molar-refractivity contribution in [3.05, 3.63) is 58.5 Å². The van der Waals surface area contributed by atoms with Crippen molar-refractivity contribution in [2.75, 3.05) is 10.6 Å². The van der Waals surface area contributed by atoms with E-state index in [9.17, 15) is 9.59 Å². The smallest absolute Gasteiger partial charge is 0.291 e. The van der Waals surface area contributed by atoms with E-state index in [4.69, 9.17) is 4.42 Å². The third-order valence-corrected chi connectivity index (χ3v) is 3.99. The number of aromatic nitrogens is 2. The molecule has 0 aliphatic carbocycles. The van der Waals surface area contributed by atoms with Gasteiger partial charge in [-0.2, -0.15) is 0 Å². The Labute approximate surface area is 141 Å². The van der Waals surface area contributed by atoms with Gasteiger partial charge in [-0.15, -0.1) is 10.2 Å². The molecule has 24 heavy (non-hydrogen) atoms. The second-order valence-electron chi connectivity index (χ2n) is 5.04. The van der Waals surface area contributed by atoms with Crippen molar-refractivity contribution >= 4 is 34.0 Å². The van der Waals surface area contributed by atoms with Crippen molar-refractivity contribution in [1.82, 2.24) is 10.2 Å². The first-order valence-electron chi connectivity index (χ1n) is 7.10. The van der Waals surface area contributed by atoms with Crippen molar-refractivity contribution in [1.29, 1.82) is 0 Å². The molecule has 2 amide bonds. The van der Waals surface area contributed by atoms with Gasteiger partial charge in [0.15, 0.2) is 5.76 Å². The molecule has 0 unspecified atom stereocenters. The van der Waals surface area contributed by atoms with Crippen molar-refractivity contribution in [3.8, 4) is 0 Å². The van der Waals surface area contributed by atoms with Crippen LogP contribution in [0.1, 0.15) is 31.5 Å². The van der Waals surface area contributed by atoms with Crippen molar-refractivity contribution in [3.63, 3.8) is 0 Å². The Hall–Kier alpha value is -3.00. The minimum atomic E-state index is -0.375. The lowest BCUT2D eigenvalue weighted by atomic mass is 10.1. The van der Waals surface area contributed by atoms with Crippen LogP contribution in [0.3, 0.4) is 0 Å². The van der Waals surface area contributed by atoms with Crippen LogP contribution < -0.4 is 10.6 Å². The van der Waals surface area contributed by atoms with Crippen LogP contribution in [0, 0.1) is 13.8 Å². The average Bonchev–Trinajstić information content (AvgIpc) is 3.21. The van der Waals surface area contributed by atoms with Crippen LogP contribution in [0.4, 0.5) is 10.8 Å². The van der Waals surface area contributed by atoms with E-state index in [1.807, 2.05) is 13.8 Å². The summed E-state index contributed by atoms with van der Waals surface area (Å²) < 4.78 is 5.06. The van der Waals surface area contributed by atoms with Crippen LogP contribution in [-0.4, -0.2) is 22.0 Å². The number of furan rings is 1. The van der Waals surface area contributed by atoms with Crippen LogP contribution in [-0.2, 0) is 0 Å². The number of benzene rings is 1. The molecule has 0 radical (unpaired) electrons. The maximum absolute atomic E-state index is 12.3. The second-order valence-corrected chi connectivity index (χ2v) is 6.22. The molecule has 122 valence electrons. The maximum Gasteiger partial charge on any atom is 0.291 e. The van der Waals surface area contributed by atoms with Crippen molar-refractivity contribution < 1.29 is 14.0 Å². The van der Waals surface area contributed by atoms with Crippen molar-refractivity contribution in [2.45, 2.75) is 13.8 Å². The monoisotopic (exact) mass is 342 g/mol. The molecule has 0 atom stereocenters. The van der Waals surface area contributed by atoms with E-state index >= 15 is 0 Å². The van der Waals surface area contributed by atoms with Crippen molar-refractivity contribution in [2.24, 2.45) is 0 Å². The zero-order chi connectivity index (χ0) is 17.1. The normalized spacial score (nSPS) is 10.4. The SMILES string of the molecule is Cc1nnc(NC(=O)c2ccc(C)c(NC(=O)c3ccco3)c2)s1. The van der Waals surface area contributed by atoms with E-state index in [0.29, 0.717) is 16.4 Å². The summed E-state index contributed by atoms with van der Waals surface area (Å²) in [6.45, 7) is 3.65. The molecular weight excluding hydrogens is 328 g/mol. The highest BCUT2D eigenvalue weighted by atomic mass is 32.1. The first-order chi connectivity index (χ1) is 11.5. The van der Waals surface area contributed by atoms with E-state index in [-0.39, 0.29) is 17.6 Å². The van der Waals surface area contributed by atoms with E-state index in [2.05, 4.69) is 20.8 Å². The number of rotatable bonds is 4. The molecule has 0 aliphatic heterocycles. The molecule has 2 heterocycles. The topological polar surface area (TPSA) is 97.1 Å². The fourth-order valence-electron chi connectivity index (χ4n) is 2.01. The Kier molecular flexibility index (Phi) is 4.39. The summed E-state index contributed by atoms with van der Waals surface area (Å²) >= 11 is 1.29. The van der Waals surface area contributed by atoms with Gasteiger partial charge >= 0.3 is 0 Å². The summed E-state index contributed by atoms with van der Waals surface area (Å²) in [5, 5.41) is 14.3. The zero-order valence-electron chi connectivity index (χ0n) is 13.0. The molecule has 0 saturated heterocycles. The van der Waals surface area contributed by atoms with Crippen LogP contribution in [0.25, 0.3) is 0 Å². The molecule has 8 heteroatoms. The van der Waals surface area contributed by atoms with Gasteiger partial charge in [0.2, 0.25) is 5.13 Å². The van der Waals surface area contributed by atoms with Crippen LogP contribution in [0.5, 0.6) is 0 Å². The number of nitrogens with one attached hydrogen (secondary N) is 2. The summed E-state index contributed by atoms with van der Waals surface area (Å²) in [6.07, 6.45) is 1.43. The maximum atomic E-state index is 12.3. The highest BCUT2D eigenvalue weighted by Crippen LogP contribution is 2.20. The molecule has 2 N–H and O–H groups in total. The van der Waals surface area contributed by atoms with Gasteiger partial charge in [0, 0.05) is 11.3 Å². The fourth-order valence-corrected chi connectivity index (χ4v) is 2.59. The van der Waals surface area contributed by atoms with E-state index in [1.54, 1.807) is 30.3 Å². The molecule has 0 bridgehead atoms. The number of amides is 2. The summed E-state index contributed by atoms with van der Waals surface area (Å²) in [5.74, 6) is -0.492. The number of hydrogen-bond acceptors (Lipinski definition) is 6. The second kappa shape index (κ2) is 6.63. The summed E-state index contributed by atoms with van der Waals surface area (Å²) in [5.41, 5.74) is 1.78. The van der Waals surface area contributed by atoms with Crippen LogP contribution in [0.15, 0.2) is 41.0 Å². The van der Waals surface area contributed by atoms with E-state index in [1.165, 1.54) is 17.6 Å². The quantitative estimate of drug-likeness (QED) is 0.758. The summed E-state index contributed by atoms with van der Waals surface area (Å²) in [6, 6.07) is 8.26. The minimum Gasteiger partial charge on any atom is -0.459 e. The van der Waals surface area contributed by atoms with Crippen LogP contribution in [0.2, 0.25) is 0 Å². The largest absolute Gasteiger partial charge is 0.459 e. The molecule has 7 nitrogen and oxygen atoms in total. The molecule has 0 aliphatic rings. The molecule has 0 spiro atoms. The number of anilines is 2. The Bertz CT molecular complexity index is 887. The van der Waals surface area contributed by atoms with E-state index < -0.39 is 0 Å². The van der Waals surface area contributed by atoms with Gasteiger partial charge in [0.25, 0.3) is 11.8 Å². The molecule has 3 rings (SSSR count). The summed E-state index contributed by atoms with van der Waals surface area (Å²) in [4.78, 5) is 24.4. The minimum absolute atomic E-state index is 0.202. The van der Waals surface area contributed by atoms with Gasteiger partial charge in [-0.25, -0.2) is 0 Å². The molecule has 0 saturated carbocycles. The Morgan fingerprint density at radius 2 is 1.92 bits per heavy atom. The average molecular weight is 342 g/mol. The van der Waals surface area contributed by atoms with Gasteiger partial charge in [-0.1, -0.05) is 17.4 Å². The Morgan fingerprint density at radius 1 is 1.08 bits per heavy atom. The highest BCUT2D eigenvalue weighted by Gasteiger charge is 2.14. The lowest BCUT2D eigenvalue weighted by Crippen LogP contribution is -2.15. The lowest BCUT2D eigenvalue weighted by Gasteiger charge is -2.09. The van der Waals surface area contributed by atoms with Crippen LogP contribution >= 0.6 is 11.3 Å². The number of nitrogens with zero attached hydrogens (tertiary/aromatic N) is 2. The fraction of sp³-hybridized carbons (Fsp3) is 0.125. The highest BCUT2D eigenvalue weighted by molar-refractivity contribution is 7.15. The number of carbonyl (C=O) groups is 2. The molecular formula is C16H14N4O3S. The zero-order valence-corrected chi connectivity index (χ0v) is 13.8. The number of hydrogen-bond donors (Lipinski definition) is 2. The molecule has 3 aromatic rings. The predicted molar refractivity (Wildman–Crippen MR) is 90.4 cm³/mol. The standard InChI is InChI=1S/C16H14N4O3S/c1-9-5-6-11(14(21)18-16-20-19-10(2)24-16)8-12(9)17-15(22)13-4-3-7-23-13/h3-8H,1-2H3,(H,17,22)(H,18,20,21). The Balaban J connectivity index is 1.78. The third kappa shape index (κ3) is 3.49. The molecule has 1 aromatic carbocycles. The predicted octanol–water partition coefficient (Wildman–Crippen LogP) is 3.25. The number of aryl methyl sites for hydroxylation is 2. The molecule has 2 aromatic heterocycles.